The number of morpholine rings is 1. The summed E-state index contributed by atoms with van der Waals surface area (Å²) in [6.07, 6.45) is -0.102. The molecular formula is C14H21FN2O2S. The molecule has 1 fully saturated rings. The third-order valence-corrected chi connectivity index (χ3v) is 4.98. The lowest BCUT2D eigenvalue weighted by atomic mass is 10.2. The third-order valence-electron chi connectivity index (χ3n) is 3.46. The van der Waals surface area contributed by atoms with E-state index in [1.807, 2.05) is 0 Å². The Kier molecular flexibility index (Phi) is 5.12. The van der Waals surface area contributed by atoms with Gasteiger partial charge in [-0.15, -0.1) is 0 Å². The predicted molar refractivity (Wildman–Crippen MR) is 78.5 cm³/mol. The molecule has 4 nitrogen and oxygen atoms in total. The standard InChI is InChI=1S/C14H21FN2O2S/c1-10(2)17-5-6-19-12(8-17)9-20(18)14-7-11(15)3-4-13(14)16/h3-4,7,10,12H,5-6,8-9,16H2,1-2H3. The van der Waals surface area contributed by atoms with Crippen molar-refractivity contribution in [1.29, 1.82) is 0 Å². The molecule has 2 N–H and O–H groups in total. The van der Waals surface area contributed by atoms with Crippen LogP contribution in [-0.4, -0.2) is 46.7 Å². The molecule has 2 unspecified atom stereocenters. The van der Waals surface area contributed by atoms with E-state index in [0.29, 0.717) is 29.0 Å². The average Bonchev–Trinajstić information content (AvgIpc) is 2.41. The van der Waals surface area contributed by atoms with Gasteiger partial charge in [0.25, 0.3) is 0 Å². The molecule has 112 valence electrons. The van der Waals surface area contributed by atoms with Crippen LogP contribution in [0.2, 0.25) is 0 Å². The van der Waals surface area contributed by atoms with Crippen molar-refractivity contribution >= 4 is 16.5 Å². The highest BCUT2D eigenvalue weighted by atomic mass is 32.2. The molecule has 0 aliphatic carbocycles. The Labute approximate surface area is 121 Å². The van der Waals surface area contributed by atoms with Crippen LogP contribution >= 0.6 is 0 Å². The van der Waals surface area contributed by atoms with Gasteiger partial charge in [-0.3, -0.25) is 9.11 Å². The predicted octanol–water partition coefficient (Wildman–Crippen LogP) is 1.62. The summed E-state index contributed by atoms with van der Waals surface area (Å²) >= 11 is 0. The Morgan fingerprint density at radius 1 is 1.55 bits per heavy atom. The van der Waals surface area contributed by atoms with Gasteiger partial charge in [0.2, 0.25) is 0 Å². The topological polar surface area (TPSA) is 55.6 Å². The van der Waals surface area contributed by atoms with E-state index in [9.17, 15) is 8.60 Å². The van der Waals surface area contributed by atoms with E-state index < -0.39 is 16.6 Å². The molecule has 1 aromatic rings. The van der Waals surface area contributed by atoms with E-state index in [1.54, 1.807) is 0 Å². The molecule has 0 saturated carbocycles. The first kappa shape index (κ1) is 15.4. The van der Waals surface area contributed by atoms with Crippen molar-refractivity contribution in [2.45, 2.75) is 30.9 Å². The molecule has 2 atom stereocenters. The van der Waals surface area contributed by atoms with Gasteiger partial charge in [-0.25, -0.2) is 4.39 Å². The summed E-state index contributed by atoms with van der Waals surface area (Å²) in [7, 11) is -1.35. The lowest BCUT2D eigenvalue weighted by molar-refractivity contribution is -0.0268. The van der Waals surface area contributed by atoms with E-state index in [0.717, 1.165) is 13.1 Å². The van der Waals surface area contributed by atoms with Crippen molar-refractivity contribution in [1.82, 2.24) is 4.90 Å². The van der Waals surface area contributed by atoms with Gasteiger partial charge in [0.05, 0.1) is 34.2 Å². The van der Waals surface area contributed by atoms with E-state index in [4.69, 9.17) is 10.5 Å². The van der Waals surface area contributed by atoms with Crippen molar-refractivity contribution < 1.29 is 13.3 Å². The van der Waals surface area contributed by atoms with Crippen LogP contribution in [0.4, 0.5) is 10.1 Å². The molecule has 0 bridgehead atoms. The number of nitrogens with two attached hydrogens (primary N) is 1. The highest BCUT2D eigenvalue weighted by Crippen LogP contribution is 2.20. The first-order valence-electron chi connectivity index (χ1n) is 6.76. The highest BCUT2D eigenvalue weighted by molar-refractivity contribution is 7.85. The molecule has 1 aliphatic heterocycles. The Bertz CT molecular complexity index is 496. The van der Waals surface area contributed by atoms with Crippen molar-refractivity contribution in [3.05, 3.63) is 24.0 Å². The molecule has 0 spiro atoms. The average molecular weight is 300 g/mol. The first-order valence-corrected chi connectivity index (χ1v) is 8.08. The summed E-state index contributed by atoms with van der Waals surface area (Å²) in [4.78, 5) is 2.65. The third kappa shape index (κ3) is 3.77. The van der Waals surface area contributed by atoms with Gasteiger partial charge in [0.15, 0.2) is 0 Å². The Morgan fingerprint density at radius 3 is 3.00 bits per heavy atom. The number of rotatable bonds is 4. The fourth-order valence-corrected chi connectivity index (χ4v) is 3.57. The van der Waals surface area contributed by atoms with Gasteiger partial charge >= 0.3 is 0 Å². The van der Waals surface area contributed by atoms with Crippen LogP contribution < -0.4 is 5.73 Å². The molecule has 0 radical (unpaired) electrons. The van der Waals surface area contributed by atoms with Crippen LogP contribution in [0.5, 0.6) is 0 Å². The maximum absolute atomic E-state index is 13.2. The van der Waals surface area contributed by atoms with Crippen LogP contribution in [0.3, 0.4) is 0 Å². The van der Waals surface area contributed by atoms with Gasteiger partial charge in [0.1, 0.15) is 5.82 Å². The summed E-state index contributed by atoms with van der Waals surface area (Å²) < 4.78 is 31.2. The summed E-state index contributed by atoms with van der Waals surface area (Å²) in [5.41, 5.74) is 6.12. The van der Waals surface area contributed by atoms with Crippen LogP contribution in [0, 0.1) is 5.82 Å². The maximum Gasteiger partial charge on any atom is 0.124 e. The first-order chi connectivity index (χ1) is 9.47. The van der Waals surface area contributed by atoms with E-state index in [2.05, 4.69) is 18.7 Å². The minimum atomic E-state index is -1.35. The zero-order chi connectivity index (χ0) is 14.7. The molecule has 1 saturated heterocycles. The van der Waals surface area contributed by atoms with Crippen LogP contribution in [0.1, 0.15) is 13.8 Å². The number of benzene rings is 1. The molecule has 2 rings (SSSR count). The van der Waals surface area contributed by atoms with Gasteiger partial charge < -0.3 is 10.5 Å². The molecule has 1 aliphatic rings. The SMILES string of the molecule is CC(C)N1CCOC(CS(=O)c2cc(F)ccc2N)C1. The lowest BCUT2D eigenvalue weighted by Gasteiger charge is -2.35. The number of hydrogen-bond acceptors (Lipinski definition) is 4. The van der Waals surface area contributed by atoms with Crippen molar-refractivity contribution in [3.8, 4) is 0 Å². The largest absolute Gasteiger partial charge is 0.398 e. The van der Waals surface area contributed by atoms with Crippen LogP contribution in [-0.2, 0) is 15.5 Å². The second-order valence-corrected chi connectivity index (χ2v) is 6.74. The smallest absolute Gasteiger partial charge is 0.124 e. The zero-order valence-electron chi connectivity index (χ0n) is 11.8. The summed E-state index contributed by atoms with van der Waals surface area (Å²) in [6, 6.07) is 4.40. The Balaban J connectivity index is 2.02. The molecular weight excluding hydrogens is 279 g/mol. The van der Waals surface area contributed by atoms with E-state index in [-0.39, 0.29) is 6.10 Å². The number of ether oxygens (including phenoxy) is 1. The molecule has 0 amide bonds. The number of nitrogen functional groups attached to an aromatic ring is 1. The molecule has 1 aromatic carbocycles. The second-order valence-electron chi connectivity index (χ2n) is 5.28. The van der Waals surface area contributed by atoms with E-state index in [1.165, 1.54) is 18.2 Å². The van der Waals surface area contributed by atoms with Gasteiger partial charge in [0, 0.05) is 24.8 Å². The summed E-state index contributed by atoms with van der Waals surface area (Å²) in [6.45, 7) is 6.54. The minimum Gasteiger partial charge on any atom is -0.398 e. The Morgan fingerprint density at radius 2 is 2.30 bits per heavy atom. The molecule has 20 heavy (non-hydrogen) atoms. The van der Waals surface area contributed by atoms with Crippen LogP contribution in [0.25, 0.3) is 0 Å². The summed E-state index contributed by atoms with van der Waals surface area (Å²) in [5.74, 6) is -0.0763. The van der Waals surface area contributed by atoms with Crippen molar-refractivity contribution in [2.24, 2.45) is 0 Å². The van der Waals surface area contributed by atoms with Gasteiger partial charge in [-0.05, 0) is 32.0 Å². The highest BCUT2D eigenvalue weighted by Gasteiger charge is 2.24. The molecule has 0 aromatic heterocycles. The monoisotopic (exact) mass is 300 g/mol. The normalized spacial score (nSPS) is 22.1. The fraction of sp³-hybridized carbons (Fsp3) is 0.571. The fourth-order valence-electron chi connectivity index (χ4n) is 2.28. The van der Waals surface area contributed by atoms with Crippen LogP contribution in [0.15, 0.2) is 23.1 Å². The van der Waals surface area contributed by atoms with Crippen molar-refractivity contribution in [2.75, 3.05) is 31.2 Å². The number of nitrogens with zero attached hydrogens (tertiary/aromatic N) is 1. The molecule has 1 heterocycles. The maximum atomic E-state index is 13.2. The number of halogens is 1. The van der Waals surface area contributed by atoms with Gasteiger partial charge in [-0.1, -0.05) is 0 Å². The molecule has 6 heteroatoms. The summed E-state index contributed by atoms with van der Waals surface area (Å²) in [5, 5.41) is 0. The number of anilines is 1. The van der Waals surface area contributed by atoms with E-state index >= 15 is 0 Å². The minimum absolute atomic E-state index is 0.102. The second kappa shape index (κ2) is 6.65. The van der Waals surface area contributed by atoms with Gasteiger partial charge in [-0.2, -0.15) is 0 Å². The van der Waals surface area contributed by atoms with Crippen molar-refractivity contribution in [3.63, 3.8) is 0 Å². The zero-order valence-corrected chi connectivity index (χ0v) is 12.7. The number of hydrogen-bond donors (Lipinski definition) is 1. The lowest BCUT2D eigenvalue weighted by Crippen LogP contribution is -2.47. The quantitative estimate of drug-likeness (QED) is 0.859. The Hall–Kier alpha value is -0.980.